The van der Waals surface area contributed by atoms with Crippen LogP contribution in [0, 0.1) is 0 Å². The summed E-state index contributed by atoms with van der Waals surface area (Å²) in [5.74, 6) is 0.331. The van der Waals surface area contributed by atoms with Crippen molar-refractivity contribution in [2.45, 2.75) is 25.5 Å². The minimum atomic E-state index is -0.938. The Morgan fingerprint density at radius 1 is 1.00 bits per heavy atom. The van der Waals surface area contributed by atoms with Crippen molar-refractivity contribution in [3.8, 4) is 17.2 Å². The molecule has 2 atom stereocenters. The molecule has 2 amide bonds. The van der Waals surface area contributed by atoms with Crippen molar-refractivity contribution in [3.63, 3.8) is 0 Å². The third kappa shape index (κ3) is 8.11. The first-order chi connectivity index (χ1) is 18.2. The Morgan fingerprint density at radius 3 is 2.39 bits per heavy atom. The Kier molecular flexibility index (Phi) is 10.8. The molecule has 0 bridgehead atoms. The van der Waals surface area contributed by atoms with Gasteiger partial charge < -0.3 is 19.5 Å². The van der Waals surface area contributed by atoms with E-state index >= 15 is 0 Å². The quantitative estimate of drug-likeness (QED) is 0.220. The first-order valence-electron chi connectivity index (χ1n) is 11.4. The van der Waals surface area contributed by atoms with E-state index in [0.717, 1.165) is 5.56 Å². The number of hydrogen-bond donors (Lipinski definition) is 2. The number of hydrazone groups is 1. The molecule has 8 nitrogen and oxygen atoms in total. The van der Waals surface area contributed by atoms with Crippen LogP contribution >= 0.6 is 39.1 Å². The molecule has 200 valence electrons. The van der Waals surface area contributed by atoms with Crippen LogP contribution < -0.4 is 25.0 Å². The maximum atomic E-state index is 13.1. The Morgan fingerprint density at radius 2 is 1.74 bits per heavy atom. The van der Waals surface area contributed by atoms with Crippen molar-refractivity contribution in [2.24, 2.45) is 5.10 Å². The molecule has 0 unspecified atom stereocenters. The molecule has 0 aliphatic carbocycles. The highest BCUT2D eigenvalue weighted by atomic mass is 79.9. The van der Waals surface area contributed by atoms with Gasteiger partial charge in [0, 0.05) is 11.4 Å². The SMILES string of the molecule is COc1cc(/C=N\NC(=O)[C@H](Cc2ccccc2)NC(=O)[C@H](C)Oc2ccc(Cl)cc2Cl)cc(Br)c1OC. The van der Waals surface area contributed by atoms with E-state index in [1.807, 2.05) is 30.3 Å². The first-order valence-corrected chi connectivity index (χ1v) is 13.0. The highest BCUT2D eigenvalue weighted by Crippen LogP contribution is 2.35. The number of carbonyl (C=O) groups excluding carboxylic acids is 2. The molecule has 0 heterocycles. The first kappa shape index (κ1) is 29.3. The standard InChI is InChI=1S/C27H26BrCl2N3O5/c1-16(38-23-10-9-19(29)14-21(23)30)26(34)32-22(12-17-7-5-4-6-8-17)27(35)33-31-15-18-11-20(28)25(37-3)24(13-18)36-2/h4-11,13-16,22H,12H2,1-3H3,(H,32,34)(H,33,35)/b31-15-/t16-,22-/m0/s1. The molecule has 3 aromatic carbocycles. The summed E-state index contributed by atoms with van der Waals surface area (Å²) in [6.07, 6.45) is 0.761. The van der Waals surface area contributed by atoms with Gasteiger partial charge in [0.1, 0.15) is 11.8 Å². The monoisotopic (exact) mass is 621 g/mol. The van der Waals surface area contributed by atoms with Gasteiger partial charge in [0.2, 0.25) is 0 Å². The van der Waals surface area contributed by atoms with E-state index in [1.54, 1.807) is 31.2 Å². The van der Waals surface area contributed by atoms with Gasteiger partial charge in [0.05, 0.1) is 29.9 Å². The molecular weight excluding hydrogens is 597 g/mol. The zero-order chi connectivity index (χ0) is 27.7. The molecule has 0 saturated carbocycles. The summed E-state index contributed by atoms with van der Waals surface area (Å²) in [6, 6.07) is 16.6. The zero-order valence-corrected chi connectivity index (χ0v) is 23.9. The number of halogens is 3. The number of rotatable bonds is 11. The molecule has 3 rings (SSSR count). The van der Waals surface area contributed by atoms with Crippen molar-refractivity contribution >= 4 is 57.2 Å². The van der Waals surface area contributed by atoms with Gasteiger partial charge in [0.25, 0.3) is 11.8 Å². The molecule has 0 saturated heterocycles. The second-order valence-electron chi connectivity index (χ2n) is 8.06. The summed E-state index contributed by atoms with van der Waals surface area (Å²) >= 11 is 15.5. The lowest BCUT2D eigenvalue weighted by Gasteiger charge is -2.21. The van der Waals surface area contributed by atoms with Gasteiger partial charge in [-0.3, -0.25) is 9.59 Å². The Hall–Kier alpha value is -3.27. The molecule has 0 aliphatic heterocycles. The van der Waals surface area contributed by atoms with Crippen molar-refractivity contribution in [3.05, 3.63) is 86.3 Å². The van der Waals surface area contributed by atoms with Gasteiger partial charge in [-0.2, -0.15) is 5.10 Å². The third-order valence-corrected chi connectivity index (χ3v) is 6.45. The number of nitrogens with one attached hydrogen (secondary N) is 2. The molecule has 0 fully saturated rings. The van der Waals surface area contributed by atoms with Crippen LogP contribution in [0.25, 0.3) is 0 Å². The fourth-order valence-corrected chi connectivity index (χ4v) is 4.50. The van der Waals surface area contributed by atoms with Crippen molar-refractivity contribution in [1.29, 1.82) is 0 Å². The molecule has 11 heteroatoms. The number of carbonyl (C=O) groups is 2. The van der Waals surface area contributed by atoms with Crippen LogP contribution in [0.15, 0.2) is 70.2 Å². The van der Waals surface area contributed by atoms with E-state index in [-0.39, 0.29) is 11.4 Å². The van der Waals surface area contributed by atoms with Crippen LogP contribution in [0.2, 0.25) is 10.0 Å². The van der Waals surface area contributed by atoms with Crippen LogP contribution in [-0.4, -0.2) is 44.4 Å². The second-order valence-corrected chi connectivity index (χ2v) is 9.76. The molecule has 0 radical (unpaired) electrons. The lowest BCUT2D eigenvalue weighted by molar-refractivity contribution is -0.132. The van der Waals surface area contributed by atoms with Crippen LogP contribution in [0.1, 0.15) is 18.1 Å². The van der Waals surface area contributed by atoms with E-state index in [2.05, 4.69) is 31.8 Å². The largest absolute Gasteiger partial charge is 0.493 e. The maximum Gasteiger partial charge on any atom is 0.262 e. The number of benzene rings is 3. The topological polar surface area (TPSA) is 98.2 Å². The summed E-state index contributed by atoms with van der Waals surface area (Å²) in [5.41, 5.74) is 4.01. The van der Waals surface area contributed by atoms with E-state index < -0.39 is 24.0 Å². The molecule has 0 aliphatic rings. The van der Waals surface area contributed by atoms with E-state index in [4.69, 9.17) is 37.4 Å². The Balaban J connectivity index is 1.72. The van der Waals surface area contributed by atoms with E-state index in [0.29, 0.717) is 32.3 Å². The summed E-state index contributed by atoms with van der Waals surface area (Å²) in [4.78, 5) is 26.0. The fraction of sp³-hybridized carbons (Fsp3) is 0.222. The van der Waals surface area contributed by atoms with Crippen molar-refractivity contribution in [2.75, 3.05) is 14.2 Å². The van der Waals surface area contributed by atoms with E-state index in [9.17, 15) is 9.59 Å². The van der Waals surface area contributed by atoms with Crippen LogP contribution in [0.4, 0.5) is 0 Å². The number of ether oxygens (including phenoxy) is 3. The lowest BCUT2D eigenvalue weighted by Crippen LogP contribution is -2.50. The lowest BCUT2D eigenvalue weighted by atomic mass is 10.1. The number of amides is 2. The predicted octanol–water partition coefficient (Wildman–Crippen LogP) is 5.42. The Labute approximate surface area is 239 Å². The number of methoxy groups -OCH3 is 2. The number of hydrogen-bond acceptors (Lipinski definition) is 6. The van der Waals surface area contributed by atoms with Gasteiger partial charge in [0.15, 0.2) is 17.6 Å². The maximum absolute atomic E-state index is 13.1. The van der Waals surface area contributed by atoms with Crippen LogP contribution in [0.3, 0.4) is 0 Å². The highest BCUT2D eigenvalue weighted by molar-refractivity contribution is 9.10. The predicted molar refractivity (Wildman–Crippen MR) is 152 cm³/mol. The van der Waals surface area contributed by atoms with Gasteiger partial charge in [-0.1, -0.05) is 53.5 Å². The summed E-state index contributed by atoms with van der Waals surface area (Å²) in [7, 11) is 3.06. The average molecular weight is 623 g/mol. The highest BCUT2D eigenvalue weighted by Gasteiger charge is 2.25. The molecule has 2 N–H and O–H groups in total. The third-order valence-electron chi connectivity index (χ3n) is 5.33. The van der Waals surface area contributed by atoms with Crippen LogP contribution in [-0.2, 0) is 16.0 Å². The van der Waals surface area contributed by atoms with Gasteiger partial charge in [-0.05, 0) is 64.3 Å². The van der Waals surface area contributed by atoms with Gasteiger partial charge >= 0.3 is 0 Å². The van der Waals surface area contributed by atoms with E-state index in [1.165, 1.54) is 26.5 Å². The zero-order valence-electron chi connectivity index (χ0n) is 20.8. The minimum absolute atomic E-state index is 0.240. The summed E-state index contributed by atoms with van der Waals surface area (Å²) < 4.78 is 17.0. The van der Waals surface area contributed by atoms with Crippen molar-refractivity contribution < 1.29 is 23.8 Å². The second kappa shape index (κ2) is 14.0. The molecular formula is C27H26BrCl2N3O5. The summed E-state index contributed by atoms with van der Waals surface area (Å²) in [6.45, 7) is 1.56. The molecule has 0 aromatic heterocycles. The summed E-state index contributed by atoms with van der Waals surface area (Å²) in [5, 5.41) is 7.52. The van der Waals surface area contributed by atoms with Gasteiger partial charge in [-0.15, -0.1) is 0 Å². The van der Waals surface area contributed by atoms with Crippen LogP contribution in [0.5, 0.6) is 17.2 Å². The molecule has 3 aromatic rings. The smallest absolute Gasteiger partial charge is 0.262 e. The fourth-order valence-electron chi connectivity index (χ4n) is 3.42. The molecule has 38 heavy (non-hydrogen) atoms. The number of nitrogens with zero attached hydrogens (tertiary/aromatic N) is 1. The Bertz CT molecular complexity index is 1310. The van der Waals surface area contributed by atoms with Gasteiger partial charge in [-0.25, -0.2) is 5.43 Å². The average Bonchev–Trinajstić information content (AvgIpc) is 2.89. The normalized spacial score (nSPS) is 12.5. The van der Waals surface area contributed by atoms with Crippen molar-refractivity contribution in [1.82, 2.24) is 10.7 Å². The molecule has 0 spiro atoms. The minimum Gasteiger partial charge on any atom is -0.493 e.